The van der Waals surface area contributed by atoms with Crippen molar-refractivity contribution in [1.29, 1.82) is 0 Å². The summed E-state index contributed by atoms with van der Waals surface area (Å²) in [4.78, 5) is 1.32. The zero-order valence-corrected chi connectivity index (χ0v) is 10.8. The van der Waals surface area contributed by atoms with Gasteiger partial charge in [0, 0.05) is 16.6 Å². The number of hydrogen-bond acceptors (Lipinski definition) is 3. The average molecular weight is 252 g/mol. The quantitative estimate of drug-likeness (QED) is 0.867. The van der Waals surface area contributed by atoms with Crippen molar-refractivity contribution >= 4 is 0 Å². The van der Waals surface area contributed by atoms with Crippen LogP contribution in [0.25, 0.3) is 0 Å². The van der Waals surface area contributed by atoms with E-state index in [1.807, 2.05) is 0 Å². The number of benzene rings is 1. The van der Waals surface area contributed by atoms with Gasteiger partial charge < -0.3 is 15.1 Å². The van der Waals surface area contributed by atoms with Crippen molar-refractivity contribution in [3.05, 3.63) is 29.8 Å². The molecule has 0 aromatic heterocycles. The lowest BCUT2D eigenvalue weighted by molar-refractivity contribution is -0.0619. The fraction of sp³-hybridized carbons (Fsp3) is 0.600. The highest BCUT2D eigenvalue weighted by molar-refractivity contribution is 5.32. The van der Waals surface area contributed by atoms with Crippen molar-refractivity contribution in [2.24, 2.45) is 5.92 Å². The first kappa shape index (κ1) is 9.82. The maximum Gasteiger partial charge on any atom is 0.115 e. The van der Waals surface area contributed by atoms with Crippen LogP contribution in [0, 0.1) is 5.92 Å². The molecule has 0 unspecified atom stereocenters. The van der Waals surface area contributed by atoms with Gasteiger partial charge in [0.25, 0.3) is 0 Å². The molecule has 18 heavy (non-hydrogen) atoms. The van der Waals surface area contributed by atoms with Crippen LogP contribution in [0.2, 0.25) is 0 Å². The second-order valence-corrected chi connectivity index (χ2v) is 5.30. The summed E-state index contributed by atoms with van der Waals surface area (Å²) < 4.78 is 22.4. The van der Waals surface area contributed by atoms with Crippen LogP contribution < -0.4 is 0 Å². The minimum Gasteiger partial charge on any atom is -0.508 e. The van der Waals surface area contributed by atoms with E-state index in [1.54, 1.807) is 31.3 Å². The van der Waals surface area contributed by atoms with E-state index in [1.165, 1.54) is 4.90 Å². The minimum absolute atomic E-state index is 0.120. The SMILES string of the molecule is [2H]C([2H])([2H])N(C)C[C@@H]1CCCC[C@@]1(O)c1cccc(O)c1. The number of aromatic hydroxyl groups is 1. The first-order valence-corrected chi connectivity index (χ1v) is 6.46. The minimum atomic E-state index is -2.16. The van der Waals surface area contributed by atoms with Gasteiger partial charge in [-0.05, 0) is 44.6 Å². The third kappa shape index (κ3) is 2.68. The summed E-state index contributed by atoms with van der Waals surface area (Å²) >= 11 is 0. The number of hydrogen-bond donors (Lipinski definition) is 2. The molecule has 1 aliphatic rings. The van der Waals surface area contributed by atoms with Crippen LogP contribution in [-0.2, 0) is 5.60 Å². The molecule has 0 saturated heterocycles. The fourth-order valence-electron chi connectivity index (χ4n) is 2.96. The highest BCUT2D eigenvalue weighted by Gasteiger charge is 2.40. The molecule has 0 radical (unpaired) electrons. The molecule has 1 aliphatic carbocycles. The number of rotatable bonds is 3. The smallest absolute Gasteiger partial charge is 0.115 e. The zero-order chi connectivity index (χ0) is 15.7. The van der Waals surface area contributed by atoms with Crippen molar-refractivity contribution in [3.8, 4) is 5.75 Å². The lowest BCUT2D eigenvalue weighted by atomic mass is 9.71. The second kappa shape index (κ2) is 5.29. The van der Waals surface area contributed by atoms with Gasteiger partial charge in [0.15, 0.2) is 0 Å². The van der Waals surface area contributed by atoms with Crippen molar-refractivity contribution < 1.29 is 14.3 Å². The zero-order valence-electron chi connectivity index (χ0n) is 13.8. The maximum atomic E-state index is 11.1. The predicted octanol–water partition coefficient (Wildman–Crippen LogP) is 2.33. The molecule has 0 spiro atoms. The van der Waals surface area contributed by atoms with Crippen molar-refractivity contribution in [2.75, 3.05) is 20.6 Å². The van der Waals surface area contributed by atoms with E-state index in [2.05, 4.69) is 0 Å². The first-order valence-electron chi connectivity index (χ1n) is 7.96. The van der Waals surface area contributed by atoms with Gasteiger partial charge in [-0.3, -0.25) is 0 Å². The highest BCUT2D eigenvalue weighted by Crippen LogP contribution is 2.42. The van der Waals surface area contributed by atoms with Gasteiger partial charge in [-0.15, -0.1) is 0 Å². The Kier molecular flexibility index (Phi) is 2.88. The second-order valence-electron chi connectivity index (χ2n) is 5.30. The Morgan fingerprint density at radius 3 is 3.06 bits per heavy atom. The van der Waals surface area contributed by atoms with E-state index in [9.17, 15) is 10.2 Å². The van der Waals surface area contributed by atoms with Gasteiger partial charge in [-0.1, -0.05) is 25.0 Å². The summed E-state index contributed by atoms with van der Waals surface area (Å²) in [6.45, 7) is -1.85. The van der Waals surface area contributed by atoms with Crippen LogP contribution in [0.1, 0.15) is 35.4 Å². The largest absolute Gasteiger partial charge is 0.508 e. The van der Waals surface area contributed by atoms with Gasteiger partial charge in [0.1, 0.15) is 5.75 Å². The van der Waals surface area contributed by atoms with Gasteiger partial charge in [-0.2, -0.15) is 0 Å². The Hall–Kier alpha value is -1.06. The number of phenolic OH excluding ortho intramolecular Hbond substituents is 1. The number of phenols is 1. The molecule has 2 atom stereocenters. The van der Waals surface area contributed by atoms with E-state index >= 15 is 0 Å². The third-order valence-corrected chi connectivity index (χ3v) is 3.88. The van der Waals surface area contributed by atoms with Crippen LogP contribution in [0.15, 0.2) is 24.3 Å². The number of nitrogens with zero attached hydrogens (tertiary/aromatic N) is 1. The van der Waals surface area contributed by atoms with E-state index in [4.69, 9.17) is 4.11 Å². The van der Waals surface area contributed by atoms with Crippen molar-refractivity contribution in [1.82, 2.24) is 4.90 Å². The molecule has 1 aromatic carbocycles. The maximum absolute atomic E-state index is 11.1. The molecule has 3 heteroatoms. The molecule has 2 rings (SSSR count). The monoisotopic (exact) mass is 252 g/mol. The van der Waals surface area contributed by atoms with E-state index in [0.717, 1.165) is 19.3 Å². The van der Waals surface area contributed by atoms with Crippen molar-refractivity contribution in [2.45, 2.75) is 31.3 Å². The Balaban J connectivity index is 2.26. The van der Waals surface area contributed by atoms with Crippen LogP contribution in [0.3, 0.4) is 0 Å². The summed E-state index contributed by atoms with van der Waals surface area (Å²) in [5.41, 5.74) is -0.401. The Morgan fingerprint density at radius 2 is 2.33 bits per heavy atom. The van der Waals surface area contributed by atoms with Crippen LogP contribution in [0.4, 0.5) is 0 Å². The molecular formula is C15H23NO2. The van der Waals surface area contributed by atoms with Gasteiger partial charge in [0.2, 0.25) is 0 Å². The van der Waals surface area contributed by atoms with Crippen LogP contribution in [-0.4, -0.2) is 35.7 Å². The third-order valence-electron chi connectivity index (χ3n) is 3.88. The average Bonchev–Trinajstić information content (AvgIpc) is 2.40. The molecule has 0 amide bonds. The van der Waals surface area contributed by atoms with E-state index in [0.29, 0.717) is 18.5 Å². The topological polar surface area (TPSA) is 43.7 Å². The molecule has 1 aromatic rings. The Bertz CT molecular complexity index is 492. The van der Waals surface area contributed by atoms with Crippen molar-refractivity contribution in [3.63, 3.8) is 0 Å². The number of aliphatic hydroxyl groups is 1. The molecule has 0 aliphatic heterocycles. The first-order chi connectivity index (χ1) is 9.73. The van der Waals surface area contributed by atoms with E-state index < -0.39 is 12.6 Å². The highest BCUT2D eigenvalue weighted by atomic mass is 16.3. The molecule has 0 heterocycles. The molecule has 1 saturated carbocycles. The lowest BCUT2D eigenvalue weighted by Crippen LogP contribution is -2.43. The summed E-state index contributed by atoms with van der Waals surface area (Å²) in [5, 5.41) is 20.8. The molecule has 2 N–H and O–H groups in total. The Morgan fingerprint density at radius 1 is 1.50 bits per heavy atom. The molecule has 3 nitrogen and oxygen atoms in total. The lowest BCUT2D eigenvalue weighted by Gasteiger charge is -2.41. The van der Waals surface area contributed by atoms with Crippen LogP contribution >= 0.6 is 0 Å². The molecule has 100 valence electrons. The fourth-order valence-corrected chi connectivity index (χ4v) is 2.96. The molecular weight excluding hydrogens is 226 g/mol. The van der Waals surface area contributed by atoms with Gasteiger partial charge >= 0.3 is 0 Å². The molecule has 0 bridgehead atoms. The predicted molar refractivity (Wildman–Crippen MR) is 72.5 cm³/mol. The standard InChI is InChI=1S/C15H23NO2/c1-16(2)11-13-6-3-4-9-15(13,18)12-7-5-8-14(17)10-12/h5,7-8,10,13,17-18H,3-4,6,9,11H2,1-2H3/t13-,15+/m0/s1/i1D3. The summed E-state index contributed by atoms with van der Waals surface area (Å²) in [6.07, 6.45) is 3.27. The van der Waals surface area contributed by atoms with E-state index in [-0.39, 0.29) is 11.7 Å². The Labute approximate surface area is 113 Å². The van der Waals surface area contributed by atoms with Gasteiger partial charge in [-0.25, -0.2) is 0 Å². The molecule has 1 fully saturated rings. The summed E-state index contributed by atoms with van der Waals surface area (Å²) in [7, 11) is 1.56. The van der Waals surface area contributed by atoms with Gasteiger partial charge in [0.05, 0.1) is 5.60 Å². The van der Waals surface area contributed by atoms with Crippen LogP contribution in [0.5, 0.6) is 5.75 Å². The summed E-state index contributed by atoms with van der Waals surface area (Å²) in [6, 6.07) is 6.65. The summed E-state index contributed by atoms with van der Waals surface area (Å²) in [5.74, 6) is -0.0344. The normalized spacial score (nSPS) is 31.7.